The van der Waals surface area contributed by atoms with Crippen LogP contribution in [0.1, 0.15) is 6.42 Å². The van der Waals surface area contributed by atoms with Crippen molar-refractivity contribution in [3.63, 3.8) is 0 Å². The zero-order chi connectivity index (χ0) is 11.7. The number of methoxy groups -OCH3 is 1. The van der Waals surface area contributed by atoms with Crippen LogP contribution in [0.3, 0.4) is 0 Å². The Balaban J connectivity index is 0. The van der Waals surface area contributed by atoms with E-state index in [1.807, 2.05) is 0 Å². The molecule has 0 aliphatic rings. The van der Waals surface area contributed by atoms with Gasteiger partial charge in [0.15, 0.2) is 5.96 Å². The number of nitrogens with zero attached hydrogens (tertiary/aromatic N) is 2. The van der Waals surface area contributed by atoms with Crippen molar-refractivity contribution in [1.29, 1.82) is 0 Å². The van der Waals surface area contributed by atoms with Crippen molar-refractivity contribution < 1.29 is 9.53 Å². The van der Waals surface area contributed by atoms with Gasteiger partial charge in [0.1, 0.15) is 0 Å². The number of nitrogens with two attached hydrogens (primary N) is 1. The molecule has 0 heterocycles. The Morgan fingerprint density at radius 3 is 2.62 bits per heavy atom. The minimum Gasteiger partial charge on any atom is -0.383 e. The standard InChI is InChI=1S/C9H20N4O2.HI/c1-13(2)8(14)4-5-11-9(10)12-6-7-15-3;/h4-7H2,1-3H3,(H3,10,11,12);1H. The molecular weight excluding hydrogens is 323 g/mol. The van der Waals surface area contributed by atoms with Gasteiger partial charge < -0.3 is 20.7 Å². The lowest BCUT2D eigenvalue weighted by Gasteiger charge is -2.10. The molecule has 0 saturated carbocycles. The summed E-state index contributed by atoms with van der Waals surface area (Å²) >= 11 is 0. The zero-order valence-corrected chi connectivity index (χ0v) is 12.4. The normalized spacial score (nSPS) is 10.6. The summed E-state index contributed by atoms with van der Waals surface area (Å²) in [5.41, 5.74) is 5.54. The fourth-order valence-electron chi connectivity index (χ4n) is 0.834. The largest absolute Gasteiger partial charge is 0.383 e. The summed E-state index contributed by atoms with van der Waals surface area (Å²) in [6.07, 6.45) is 0.410. The zero-order valence-electron chi connectivity index (χ0n) is 10.0. The van der Waals surface area contributed by atoms with E-state index in [9.17, 15) is 4.79 Å². The van der Waals surface area contributed by atoms with E-state index in [4.69, 9.17) is 10.5 Å². The molecular formula is C9H21IN4O2. The summed E-state index contributed by atoms with van der Waals surface area (Å²) in [7, 11) is 5.05. The van der Waals surface area contributed by atoms with Gasteiger partial charge in [0.25, 0.3) is 0 Å². The molecule has 0 aromatic carbocycles. The molecule has 0 aromatic heterocycles. The molecule has 0 aliphatic heterocycles. The average Bonchev–Trinajstić information content (AvgIpc) is 2.18. The molecule has 1 amide bonds. The predicted molar refractivity (Wildman–Crippen MR) is 75.1 cm³/mol. The second kappa shape index (κ2) is 10.9. The van der Waals surface area contributed by atoms with E-state index in [2.05, 4.69) is 10.3 Å². The van der Waals surface area contributed by atoms with Crippen LogP contribution < -0.4 is 11.1 Å². The molecule has 0 fully saturated rings. The molecule has 0 radical (unpaired) electrons. The Hall–Kier alpha value is -0.570. The van der Waals surface area contributed by atoms with E-state index in [0.29, 0.717) is 32.1 Å². The van der Waals surface area contributed by atoms with Crippen LogP contribution in [-0.2, 0) is 9.53 Å². The molecule has 0 unspecified atom stereocenters. The first kappa shape index (κ1) is 17.8. The Bertz CT molecular complexity index is 222. The van der Waals surface area contributed by atoms with Crippen LogP contribution in [0.25, 0.3) is 0 Å². The van der Waals surface area contributed by atoms with Crippen molar-refractivity contribution in [2.24, 2.45) is 10.7 Å². The number of nitrogens with one attached hydrogen (secondary N) is 1. The van der Waals surface area contributed by atoms with Crippen molar-refractivity contribution in [3.05, 3.63) is 0 Å². The molecule has 0 saturated heterocycles. The van der Waals surface area contributed by atoms with Gasteiger partial charge in [-0.25, -0.2) is 0 Å². The van der Waals surface area contributed by atoms with E-state index < -0.39 is 0 Å². The number of carbonyl (C=O) groups is 1. The number of guanidine groups is 1. The van der Waals surface area contributed by atoms with Crippen molar-refractivity contribution in [1.82, 2.24) is 10.2 Å². The first-order valence-electron chi connectivity index (χ1n) is 4.80. The van der Waals surface area contributed by atoms with Gasteiger partial charge in [0, 0.05) is 34.2 Å². The van der Waals surface area contributed by atoms with Crippen molar-refractivity contribution in [2.75, 3.05) is 40.9 Å². The first-order valence-corrected chi connectivity index (χ1v) is 4.80. The summed E-state index contributed by atoms with van der Waals surface area (Å²) < 4.78 is 4.82. The van der Waals surface area contributed by atoms with E-state index in [-0.39, 0.29) is 29.9 Å². The molecule has 7 heteroatoms. The molecule has 0 aromatic rings. The minimum absolute atomic E-state index is 0. The Morgan fingerprint density at radius 1 is 1.50 bits per heavy atom. The number of carbonyl (C=O) groups excluding carboxylic acids is 1. The maximum absolute atomic E-state index is 11.2. The predicted octanol–water partition coefficient (Wildman–Crippen LogP) is -0.367. The highest BCUT2D eigenvalue weighted by Gasteiger charge is 2.02. The number of hydrogen-bond donors (Lipinski definition) is 2. The Morgan fingerprint density at radius 2 is 2.12 bits per heavy atom. The number of aliphatic imine (C=N–C) groups is 1. The van der Waals surface area contributed by atoms with Gasteiger partial charge in [-0.15, -0.1) is 24.0 Å². The van der Waals surface area contributed by atoms with Gasteiger partial charge in [-0.2, -0.15) is 0 Å². The van der Waals surface area contributed by atoms with Gasteiger partial charge in [-0.3, -0.25) is 9.79 Å². The van der Waals surface area contributed by atoms with E-state index in [1.54, 1.807) is 26.1 Å². The van der Waals surface area contributed by atoms with Crippen molar-refractivity contribution in [3.8, 4) is 0 Å². The second-order valence-corrected chi connectivity index (χ2v) is 3.22. The fourth-order valence-corrected chi connectivity index (χ4v) is 0.834. The van der Waals surface area contributed by atoms with Gasteiger partial charge >= 0.3 is 0 Å². The SMILES string of the molecule is COCCN=C(N)NCCC(=O)N(C)C.I. The third-order valence-corrected chi connectivity index (χ3v) is 1.72. The third-order valence-electron chi connectivity index (χ3n) is 1.72. The topological polar surface area (TPSA) is 80.0 Å². The van der Waals surface area contributed by atoms with Crippen LogP contribution in [0, 0.1) is 0 Å². The van der Waals surface area contributed by atoms with E-state index in [1.165, 1.54) is 0 Å². The molecule has 0 rings (SSSR count). The molecule has 0 atom stereocenters. The summed E-state index contributed by atoms with van der Waals surface area (Å²) in [6, 6.07) is 0. The van der Waals surface area contributed by atoms with Crippen LogP contribution in [0.15, 0.2) is 4.99 Å². The third kappa shape index (κ3) is 9.97. The van der Waals surface area contributed by atoms with Gasteiger partial charge in [-0.1, -0.05) is 0 Å². The number of hydrogen-bond acceptors (Lipinski definition) is 3. The van der Waals surface area contributed by atoms with Crippen molar-refractivity contribution >= 4 is 35.8 Å². The van der Waals surface area contributed by atoms with Crippen LogP contribution in [0.2, 0.25) is 0 Å². The number of halogens is 1. The molecule has 16 heavy (non-hydrogen) atoms. The molecule has 0 aliphatic carbocycles. The number of ether oxygens (including phenoxy) is 1. The monoisotopic (exact) mass is 344 g/mol. The Kier molecular flexibility index (Phi) is 12.2. The van der Waals surface area contributed by atoms with Crippen LogP contribution in [0.5, 0.6) is 0 Å². The summed E-state index contributed by atoms with van der Waals surface area (Å²) in [6.45, 7) is 1.56. The quantitative estimate of drug-likeness (QED) is 0.298. The molecule has 0 bridgehead atoms. The lowest BCUT2D eigenvalue weighted by atomic mass is 10.4. The van der Waals surface area contributed by atoms with Crippen LogP contribution >= 0.6 is 24.0 Å². The van der Waals surface area contributed by atoms with E-state index >= 15 is 0 Å². The minimum atomic E-state index is 0. The van der Waals surface area contributed by atoms with Crippen LogP contribution in [0.4, 0.5) is 0 Å². The average molecular weight is 344 g/mol. The van der Waals surface area contributed by atoms with Gasteiger partial charge in [-0.05, 0) is 0 Å². The first-order chi connectivity index (χ1) is 7.07. The summed E-state index contributed by atoms with van der Waals surface area (Å²) in [5, 5.41) is 2.85. The highest BCUT2D eigenvalue weighted by molar-refractivity contribution is 14.0. The van der Waals surface area contributed by atoms with Gasteiger partial charge in [0.05, 0.1) is 13.2 Å². The highest BCUT2D eigenvalue weighted by Crippen LogP contribution is 1.84. The molecule has 0 spiro atoms. The lowest BCUT2D eigenvalue weighted by Crippen LogP contribution is -2.35. The van der Waals surface area contributed by atoms with Crippen molar-refractivity contribution in [2.45, 2.75) is 6.42 Å². The number of amides is 1. The summed E-state index contributed by atoms with van der Waals surface area (Å²) in [4.78, 5) is 16.7. The molecule has 3 N–H and O–H groups in total. The molecule has 96 valence electrons. The molecule has 6 nitrogen and oxygen atoms in total. The number of rotatable bonds is 6. The maximum atomic E-state index is 11.2. The van der Waals surface area contributed by atoms with E-state index in [0.717, 1.165) is 0 Å². The summed E-state index contributed by atoms with van der Waals surface area (Å²) in [5.74, 6) is 0.408. The Labute approximate surface area is 114 Å². The van der Waals surface area contributed by atoms with Crippen LogP contribution in [-0.4, -0.2) is 57.7 Å². The second-order valence-electron chi connectivity index (χ2n) is 3.22. The highest BCUT2D eigenvalue weighted by atomic mass is 127. The lowest BCUT2D eigenvalue weighted by molar-refractivity contribution is -0.128. The fraction of sp³-hybridized carbons (Fsp3) is 0.778. The van der Waals surface area contributed by atoms with Gasteiger partial charge in [0.2, 0.25) is 5.91 Å². The maximum Gasteiger partial charge on any atom is 0.223 e. The smallest absolute Gasteiger partial charge is 0.223 e.